The van der Waals surface area contributed by atoms with Crippen LogP contribution in [0.3, 0.4) is 0 Å². The molecule has 3 aliphatic rings. The van der Waals surface area contributed by atoms with Gasteiger partial charge in [0.1, 0.15) is 0 Å². The van der Waals surface area contributed by atoms with Crippen molar-refractivity contribution in [3.05, 3.63) is 0 Å². The zero-order chi connectivity index (χ0) is 7.24. The summed E-state index contributed by atoms with van der Waals surface area (Å²) in [6, 6.07) is 0. The minimum atomic E-state index is 0.149. The van der Waals surface area contributed by atoms with E-state index < -0.39 is 0 Å². The predicted octanol–water partition coefficient (Wildman–Crippen LogP) is 3.31. The van der Waals surface area contributed by atoms with Gasteiger partial charge in [0.25, 0.3) is 0 Å². The van der Waals surface area contributed by atoms with E-state index in [4.69, 9.17) is 23.2 Å². The van der Waals surface area contributed by atoms with Crippen LogP contribution in [-0.2, 0) is 0 Å². The van der Waals surface area contributed by atoms with Crippen LogP contribution >= 0.6 is 23.2 Å². The maximum absolute atomic E-state index is 6.30. The number of alkyl halides is 2. The summed E-state index contributed by atoms with van der Waals surface area (Å²) in [4.78, 5) is 0.299. The molecule has 0 aromatic heterocycles. The third kappa shape index (κ3) is 1.06. The highest BCUT2D eigenvalue weighted by Crippen LogP contribution is 2.53. The molecular formula is C8H12Cl2. The Labute approximate surface area is 71.9 Å². The summed E-state index contributed by atoms with van der Waals surface area (Å²) in [7, 11) is 0. The Hall–Kier alpha value is 0.580. The van der Waals surface area contributed by atoms with Crippen molar-refractivity contribution in [3.63, 3.8) is 0 Å². The van der Waals surface area contributed by atoms with Crippen LogP contribution < -0.4 is 0 Å². The van der Waals surface area contributed by atoms with Crippen molar-refractivity contribution < 1.29 is 0 Å². The van der Waals surface area contributed by atoms with E-state index in [1.165, 1.54) is 0 Å². The first-order chi connectivity index (χ1) is 4.62. The molecule has 0 aromatic carbocycles. The molecule has 0 aromatic rings. The van der Waals surface area contributed by atoms with Gasteiger partial charge in [0, 0.05) is 9.75 Å². The Balaban J connectivity index is 2.16. The van der Waals surface area contributed by atoms with Gasteiger partial charge in [0.05, 0.1) is 0 Å². The highest BCUT2D eigenvalue weighted by Gasteiger charge is 2.46. The summed E-state index contributed by atoms with van der Waals surface area (Å²) in [5.74, 6) is 0. The largest absolute Gasteiger partial charge is 0.119 e. The fraction of sp³-hybridized carbons (Fsp3) is 1.00. The molecule has 3 rings (SSSR count). The number of hydrogen-bond acceptors (Lipinski definition) is 0. The van der Waals surface area contributed by atoms with Gasteiger partial charge in [-0.15, -0.1) is 23.2 Å². The molecule has 3 fully saturated rings. The summed E-state index contributed by atoms with van der Waals surface area (Å²) in [6.07, 6.45) is 6.82. The molecule has 3 saturated carbocycles. The molecular weight excluding hydrogens is 167 g/mol. The molecule has 0 nitrogen and oxygen atoms in total. The van der Waals surface area contributed by atoms with Crippen LogP contribution in [0, 0.1) is 0 Å². The van der Waals surface area contributed by atoms with Gasteiger partial charge in [-0.25, -0.2) is 0 Å². The van der Waals surface area contributed by atoms with Crippen LogP contribution in [0.15, 0.2) is 0 Å². The van der Waals surface area contributed by atoms with Gasteiger partial charge in [0.2, 0.25) is 0 Å². The normalized spacial score (nSPS) is 53.4. The van der Waals surface area contributed by atoms with E-state index in [0.29, 0.717) is 0 Å². The second-order valence-electron chi connectivity index (χ2n) is 3.80. The van der Waals surface area contributed by atoms with Gasteiger partial charge in [-0.05, 0) is 38.5 Å². The molecule has 0 radical (unpaired) electrons. The molecule has 0 saturated heterocycles. The molecule has 0 amide bonds. The van der Waals surface area contributed by atoms with Crippen molar-refractivity contribution in [2.24, 2.45) is 0 Å². The van der Waals surface area contributed by atoms with Crippen LogP contribution in [0.4, 0.5) is 0 Å². The maximum Gasteiger partial charge on any atom is 0.0448 e. The molecule has 3 aliphatic carbocycles. The molecule has 2 heteroatoms. The first kappa shape index (κ1) is 7.24. The van der Waals surface area contributed by atoms with Crippen molar-refractivity contribution in [2.45, 2.75) is 48.3 Å². The second-order valence-corrected chi connectivity index (χ2v) is 5.41. The molecule has 0 aliphatic heterocycles. The average molecular weight is 179 g/mol. The molecule has 0 unspecified atom stereocenters. The monoisotopic (exact) mass is 178 g/mol. The maximum atomic E-state index is 6.30. The van der Waals surface area contributed by atoms with E-state index in [1.54, 1.807) is 0 Å². The van der Waals surface area contributed by atoms with Gasteiger partial charge in [-0.3, -0.25) is 0 Å². The van der Waals surface area contributed by atoms with Gasteiger partial charge >= 0.3 is 0 Å². The Morgan fingerprint density at radius 2 is 0.800 bits per heavy atom. The lowest BCUT2D eigenvalue weighted by atomic mass is 9.70. The number of rotatable bonds is 0. The van der Waals surface area contributed by atoms with E-state index in [9.17, 15) is 0 Å². The fourth-order valence-electron chi connectivity index (χ4n) is 2.09. The van der Waals surface area contributed by atoms with Crippen molar-refractivity contribution >= 4 is 23.2 Å². The molecule has 0 atom stereocenters. The summed E-state index contributed by atoms with van der Waals surface area (Å²) in [5.41, 5.74) is 0. The second kappa shape index (κ2) is 2.04. The predicted molar refractivity (Wildman–Crippen MR) is 44.9 cm³/mol. The highest BCUT2D eigenvalue weighted by atomic mass is 35.5. The van der Waals surface area contributed by atoms with Crippen molar-refractivity contribution in [3.8, 4) is 0 Å². The van der Waals surface area contributed by atoms with Gasteiger partial charge in [-0.1, -0.05) is 0 Å². The molecule has 2 bridgehead atoms. The summed E-state index contributed by atoms with van der Waals surface area (Å²) < 4.78 is 0. The number of hydrogen-bond donors (Lipinski definition) is 0. The Bertz CT molecular complexity index is 111. The van der Waals surface area contributed by atoms with Crippen molar-refractivity contribution in [1.29, 1.82) is 0 Å². The molecule has 0 spiro atoms. The zero-order valence-electron chi connectivity index (χ0n) is 6.00. The number of halogens is 2. The van der Waals surface area contributed by atoms with Gasteiger partial charge < -0.3 is 0 Å². The zero-order valence-corrected chi connectivity index (χ0v) is 7.51. The van der Waals surface area contributed by atoms with Crippen molar-refractivity contribution in [1.82, 2.24) is 0 Å². The standard InChI is InChI=1S/C8H12Cl2/c9-7-1-2-8(10,5-3-7)6-4-7/h1-6H2. The number of fused-ring (bicyclic) bond motifs is 3. The Morgan fingerprint density at radius 1 is 0.600 bits per heavy atom. The van der Waals surface area contributed by atoms with E-state index in [-0.39, 0.29) is 9.75 Å². The van der Waals surface area contributed by atoms with E-state index >= 15 is 0 Å². The molecule has 10 heavy (non-hydrogen) atoms. The quantitative estimate of drug-likeness (QED) is 0.500. The van der Waals surface area contributed by atoms with Crippen LogP contribution in [0.25, 0.3) is 0 Å². The van der Waals surface area contributed by atoms with Gasteiger partial charge in [0.15, 0.2) is 0 Å². The summed E-state index contributed by atoms with van der Waals surface area (Å²) in [5, 5.41) is 0. The SMILES string of the molecule is ClC12CCC(Cl)(CC1)CC2. The van der Waals surface area contributed by atoms with E-state index in [2.05, 4.69) is 0 Å². The van der Waals surface area contributed by atoms with Crippen LogP contribution in [0.2, 0.25) is 0 Å². The average Bonchev–Trinajstić information content (AvgIpc) is 1.93. The Morgan fingerprint density at radius 3 is 1.00 bits per heavy atom. The smallest absolute Gasteiger partial charge is 0.0448 e. The van der Waals surface area contributed by atoms with Crippen molar-refractivity contribution in [2.75, 3.05) is 0 Å². The first-order valence-corrected chi connectivity index (χ1v) is 4.76. The van der Waals surface area contributed by atoms with Gasteiger partial charge in [-0.2, -0.15) is 0 Å². The minimum absolute atomic E-state index is 0.149. The third-order valence-electron chi connectivity index (χ3n) is 3.06. The first-order valence-electron chi connectivity index (χ1n) is 4.00. The van der Waals surface area contributed by atoms with Crippen LogP contribution in [0.5, 0.6) is 0 Å². The summed E-state index contributed by atoms with van der Waals surface area (Å²) in [6.45, 7) is 0. The third-order valence-corrected chi connectivity index (χ3v) is 4.20. The van der Waals surface area contributed by atoms with E-state index in [0.717, 1.165) is 38.5 Å². The molecule has 0 N–H and O–H groups in total. The lowest BCUT2D eigenvalue weighted by Gasteiger charge is -2.47. The lowest BCUT2D eigenvalue weighted by Crippen LogP contribution is -2.43. The molecule has 58 valence electrons. The summed E-state index contributed by atoms with van der Waals surface area (Å²) >= 11 is 12.6. The van der Waals surface area contributed by atoms with Crippen LogP contribution in [-0.4, -0.2) is 9.75 Å². The molecule has 0 heterocycles. The lowest BCUT2D eigenvalue weighted by molar-refractivity contribution is 0.220. The van der Waals surface area contributed by atoms with E-state index in [1.807, 2.05) is 0 Å². The highest BCUT2D eigenvalue weighted by molar-refractivity contribution is 6.27. The Kier molecular flexibility index (Phi) is 1.48. The minimum Gasteiger partial charge on any atom is -0.119 e. The van der Waals surface area contributed by atoms with Crippen LogP contribution in [0.1, 0.15) is 38.5 Å². The topological polar surface area (TPSA) is 0 Å². The fourth-order valence-corrected chi connectivity index (χ4v) is 2.66.